The molecule has 1 aliphatic rings. The van der Waals surface area contributed by atoms with E-state index in [1.165, 1.54) is 0 Å². The number of carboxylic acid groups (broad SMARTS) is 1. The summed E-state index contributed by atoms with van der Waals surface area (Å²) in [5.41, 5.74) is -1.53. The maximum absolute atomic E-state index is 13.2. The Hall–Kier alpha value is -2.67. The minimum absolute atomic E-state index is 0.137. The molecular formula is C26H31F3N2O5S2. The summed E-state index contributed by atoms with van der Waals surface area (Å²) in [6.07, 6.45) is 1.37. The van der Waals surface area contributed by atoms with E-state index in [4.69, 9.17) is 14.6 Å². The number of aliphatic carboxylic acids is 1. The van der Waals surface area contributed by atoms with Crippen LogP contribution in [0.25, 0.3) is 0 Å². The Morgan fingerprint density at radius 1 is 1.11 bits per heavy atom. The van der Waals surface area contributed by atoms with E-state index in [2.05, 4.69) is 36.1 Å². The highest BCUT2D eigenvalue weighted by molar-refractivity contribution is 7.10. The number of ether oxygens (including phenoxy) is 1. The highest BCUT2D eigenvalue weighted by Gasteiger charge is 2.43. The smallest absolute Gasteiger partial charge is 0.430 e. The number of halogens is 3. The predicted octanol–water partition coefficient (Wildman–Crippen LogP) is 3.28. The van der Waals surface area contributed by atoms with Crippen molar-refractivity contribution in [2.24, 2.45) is 0 Å². The van der Waals surface area contributed by atoms with E-state index in [9.17, 15) is 23.1 Å². The first-order chi connectivity index (χ1) is 17.9. The second kappa shape index (κ2) is 12.9. The highest BCUT2D eigenvalue weighted by atomic mass is 32.1. The van der Waals surface area contributed by atoms with Gasteiger partial charge in [0.25, 0.3) is 0 Å². The van der Waals surface area contributed by atoms with Crippen LogP contribution in [0.15, 0.2) is 59.6 Å². The van der Waals surface area contributed by atoms with E-state index in [0.29, 0.717) is 0 Å². The van der Waals surface area contributed by atoms with Gasteiger partial charge in [0.15, 0.2) is 11.7 Å². The molecule has 0 saturated carbocycles. The van der Waals surface area contributed by atoms with Crippen molar-refractivity contribution in [1.29, 1.82) is 0 Å². The molecule has 2 atom stereocenters. The number of carbonyl (C=O) groups is 2. The lowest BCUT2D eigenvalue weighted by Gasteiger charge is -2.30. The van der Waals surface area contributed by atoms with E-state index in [-0.39, 0.29) is 18.9 Å². The summed E-state index contributed by atoms with van der Waals surface area (Å²) in [5, 5.41) is 24.1. The molecule has 2 unspecified atom stereocenters. The fourth-order valence-corrected chi connectivity index (χ4v) is 6.08. The third-order valence-corrected chi connectivity index (χ3v) is 8.15. The van der Waals surface area contributed by atoms with Gasteiger partial charge in [-0.2, -0.15) is 13.2 Å². The van der Waals surface area contributed by atoms with Crippen molar-refractivity contribution in [2.75, 3.05) is 26.7 Å². The second-order valence-electron chi connectivity index (χ2n) is 9.67. The van der Waals surface area contributed by atoms with Crippen molar-refractivity contribution in [1.82, 2.24) is 4.57 Å². The minimum Gasteiger partial charge on any atom is -0.542 e. The first-order valence-electron chi connectivity index (χ1n) is 12.1. The van der Waals surface area contributed by atoms with Crippen LogP contribution in [0.1, 0.15) is 22.6 Å². The third-order valence-electron chi connectivity index (χ3n) is 6.39. The molecule has 1 fully saturated rings. The van der Waals surface area contributed by atoms with E-state index >= 15 is 0 Å². The second-order valence-corrected chi connectivity index (χ2v) is 11.7. The Morgan fingerprint density at radius 2 is 1.66 bits per heavy atom. The molecule has 0 amide bonds. The zero-order valence-electron chi connectivity index (χ0n) is 20.9. The molecule has 208 valence electrons. The number of likely N-dealkylation sites (tertiary alicyclic amines) is 1. The minimum atomic E-state index is -5.19. The lowest BCUT2D eigenvalue weighted by atomic mass is 9.93. The first-order valence-corrected chi connectivity index (χ1v) is 13.9. The van der Waals surface area contributed by atoms with Crippen LogP contribution in [-0.4, -0.2) is 70.7 Å². The van der Waals surface area contributed by atoms with Gasteiger partial charge in [0.2, 0.25) is 0 Å². The van der Waals surface area contributed by atoms with Crippen LogP contribution in [-0.2, 0) is 33.7 Å². The van der Waals surface area contributed by atoms with Gasteiger partial charge in [0.1, 0.15) is 12.5 Å². The Kier molecular flexibility index (Phi) is 10.2. The summed E-state index contributed by atoms with van der Waals surface area (Å²) in [6.45, 7) is 3.87. The summed E-state index contributed by atoms with van der Waals surface area (Å²) in [6, 6.07) is 11.9. The van der Waals surface area contributed by atoms with Gasteiger partial charge in [-0.3, -0.25) is 0 Å². The van der Waals surface area contributed by atoms with Crippen molar-refractivity contribution < 1.29 is 42.2 Å². The van der Waals surface area contributed by atoms with Crippen LogP contribution in [0.2, 0.25) is 0 Å². The molecule has 0 aliphatic carbocycles. The Balaban J connectivity index is 0.000000505. The van der Waals surface area contributed by atoms with Crippen LogP contribution in [0.5, 0.6) is 0 Å². The molecule has 12 heteroatoms. The fourth-order valence-electron chi connectivity index (χ4n) is 4.45. The Morgan fingerprint density at radius 3 is 2.13 bits per heavy atom. The number of aliphatic hydroxyl groups is 1. The number of rotatable bonds is 10. The summed E-state index contributed by atoms with van der Waals surface area (Å²) in [5.74, 6) is -3.49. The molecule has 0 bridgehead atoms. The van der Waals surface area contributed by atoms with E-state index in [1.807, 2.05) is 35.0 Å². The number of hydrogen-bond donors (Lipinski definition) is 1. The molecule has 7 nitrogen and oxygen atoms in total. The number of alkyl halides is 3. The van der Waals surface area contributed by atoms with Crippen molar-refractivity contribution in [3.8, 4) is 0 Å². The van der Waals surface area contributed by atoms with Crippen LogP contribution < -0.4 is 5.11 Å². The maximum Gasteiger partial charge on any atom is 0.430 e. The zero-order valence-corrected chi connectivity index (χ0v) is 22.6. The zero-order chi connectivity index (χ0) is 27.8. The largest absolute Gasteiger partial charge is 0.542 e. The molecule has 3 aromatic rings. The summed E-state index contributed by atoms with van der Waals surface area (Å²) >= 11 is 3.12. The number of aromatic nitrogens is 1. The predicted molar refractivity (Wildman–Crippen MR) is 136 cm³/mol. The molecule has 38 heavy (non-hydrogen) atoms. The fraction of sp³-hybridized carbons (Fsp3) is 0.462. The standard InChI is InChI=1S/C24H31N2O3S2.C2HF3O2/c1-26(13-6-12-25-10-2-3-11-25)14-9-20(19-26)29-23(27)24(28,17-21-7-4-15-30-21)18-22-8-5-16-31-22;3-2(4,5)1(6)7/h2-5,7-8,10-11,15-16,20,28H,6,9,12-14,17-19H2,1H3;(H,6,7)/q+1;/p-1. The van der Waals surface area contributed by atoms with Crippen LogP contribution in [0.3, 0.4) is 0 Å². The molecule has 1 aliphatic heterocycles. The van der Waals surface area contributed by atoms with Gasteiger partial charge in [-0.25, -0.2) is 4.79 Å². The van der Waals surface area contributed by atoms with Crippen LogP contribution in [0, 0.1) is 0 Å². The van der Waals surface area contributed by atoms with Gasteiger partial charge >= 0.3 is 12.1 Å². The molecule has 3 aromatic heterocycles. The van der Waals surface area contributed by atoms with E-state index in [0.717, 1.165) is 53.3 Å². The molecule has 0 aromatic carbocycles. The molecule has 1 saturated heterocycles. The van der Waals surface area contributed by atoms with Crippen LogP contribution >= 0.6 is 22.7 Å². The molecule has 4 rings (SSSR count). The SMILES string of the molecule is C[N+]1(CCCn2cccc2)CCC(OC(=O)C(O)(Cc2cccs2)Cc2cccs2)C1.O=C([O-])C(F)(F)F. The van der Waals surface area contributed by atoms with Gasteiger partial charge in [0, 0.05) is 54.4 Å². The van der Waals surface area contributed by atoms with E-state index < -0.39 is 23.7 Å². The lowest BCUT2D eigenvalue weighted by molar-refractivity contribution is -0.899. The number of nitrogens with zero attached hydrogens (tertiary/aromatic N) is 2. The normalized spacial score (nSPS) is 19.6. The molecule has 1 N–H and O–H groups in total. The number of aryl methyl sites for hydroxylation is 1. The number of hydrogen-bond acceptors (Lipinski definition) is 7. The molecular weight excluding hydrogens is 541 g/mol. The number of likely N-dealkylation sites (N-methyl/N-ethyl adjacent to an activating group) is 1. The quantitative estimate of drug-likeness (QED) is 0.298. The topological polar surface area (TPSA) is 91.6 Å². The summed E-state index contributed by atoms with van der Waals surface area (Å²) in [7, 11) is 2.24. The van der Waals surface area contributed by atoms with Gasteiger partial charge in [-0.05, 0) is 35.0 Å². The molecule has 0 radical (unpaired) electrons. The van der Waals surface area contributed by atoms with Gasteiger partial charge in [-0.15, -0.1) is 22.7 Å². The van der Waals surface area contributed by atoms with Crippen molar-refractivity contribution in [2.45, 2.75) is 50.1 Å². The number of esters is 1. The summed E-state index contributed by atoms with van der Waals surface area (Å²) in [4.78, 5) is 24.0. The lowest BCUT2D eigenvalue weighted by Crippen LogP contribution is -2.47. The summed E-state index contributed by atoms with van der Waals surface area (Å²) < 4.78 is 40.6. The molecule has 0 spiro atoms. The average molecular weight is 573 g/mol. The average Bonchev–Trinajstić information content (AvgIpc) is 3.63. The monoisotopic (exact) mass is 572 g/mol. The maximum atomic E-state index is 13.2. The van der Waals surface area contributed by atoms with Crippen molar-refractivity contribution >= 4 is 34.6 Å². The van der Waals surface area contributed by atoms with Crippen molar-refractivity contribution in [3.63, 3.8) is 0 Å². The number of carboxylic acids is 1. The van der Waals surface area contributed by atoms with Gasteiger partial charge < -0.3 is 28.8 Å². The number of thiophene rings is 2. The highest BCUT2D eigenvalue weighted by Crippen LogP contribution is 2.28. The molecule has 4 heterocycles. The van der Waals surface area contributed by atoms with Gasteiger partial charge in [-0.1, -0.05) is 12.1 Å². The first kappa shape index (κ1) is 29.9. The number of quaternary nitrogens is 1. The Bertz CT molecular complexity index is 1100. The van der Waals surface area contributed by atoms with E-state index in [1.54, 1.807) is 22.7 Å². The van der Waals surface area contributed by atoms with Gasteiger partial charge in [0.05, 0.1) is 20.1 Å². The third kappa shape index (κ3) is 8.97. The van der Waals surface area contributed by atoms with Crippen molar-refractivity contribution in [3.05, 3.63) is 69.3 Å². The van der Waals surface area contributed by atoms with Crippen LogP contribution in [0.4, 0.5) is 13.2 Å². The Labute approximate surface area is 227 Å². The number of carbonyl (C=O) groups excluding carboxylic acids is 2.